The molecule has 124 valence electrons. The van der Waals surface area contributed by atoms with Crippen molar-refractivity contribution in [3.8, 4) is 0 Å². The summed E-state index contributed by atoms with van der Waals surface area (Å²) < 4.78 is 18.0. The quantitative estimate of drug-likeness (QED) is 0.771. The number of nitrogens with zero attached hydrogens (tertiary/aromatic N) is 1. The highest BCUT2D eigenvalue weighted by Gasteiger charge is 2.21. The number of halogens is 1. The van der Waals surface area contributed by atoms with Crippen molar-refractivity contribution in [3.05, 3.63) is 35.6 Å². The number of amidine groups is 1. The first kappa shape index (κ1) is 19.9. The molecule has 0 bridgehead atoms. The number of amides is 1. The number of hydrogen-bond acceptors (Lipinski definition) is 4. The van der Waals surface area contributed by atoms with Gasteiger partial charge in [-0.15, -0.1) is 0 Å². The van der Waals surface area contributed by atoms with Crippen LogP contribution >= 0.6 is 0 Å². The molecule has 5 nitrogen and oxygen atoms in total. The van der Waals surface area contributed by atoms with Crippen molar-refractivity contribution in [1.29, 1.82) is 0 Å². The Morgan fingerprint density at radius 1 is 1.27 bits per heavy atom. The van der Waals surface area contributed by atoms with E-state index in [1.807, 2.05) is 27.7 Å². The van der Waals surface area contributed by atoms with Crippen molar-refractivity contribution in [1.82, 2.24) is 10.9 Å². The molecule has 1 aliphatic rings. The molecule has 2 rings (SSSR count). The van der Waals surface area contributed by atoms with E-state index < -0.39 is 6.09 Å². The van der Waals surface area contributed by atoms with Gasteiger partial charge in [0.2, 0.25) is 0 Å². The lowest BCUT2D eigenvalue weighted by Gasteiger charge is -2.07. The number of carbonyl (C=O) groups is 1. The van der Waals surface area contributed by atoms with Crippen molar-refractivity contribution >= 4 is 11.9 Å². The molecule has 1 aromatic rings. The van der Waals surface area contributed by atoms with Crippen molar-refractivity contribution in [2.45, 2.75) is 46.6 Å². The Bertz CT molecular complexity index is 478. The standard InChI is InChI=1S/C12H14FN3O2.2C2H6/c1-18-12(17)16-15-11-7-6-10(14-11)8-4-2-3-5-9(8)13;2*1-2/h2-5,10H,6-7H2,1H3,(H,14,15)(H,16,17);2*1-2H3. The minimum atomic E-state index is -0.591. The SMILES string of the molecule is CC.CC.COC(=O)NNC1=NC(c2ccccc2F)CC1. The van der Waals surface area contributed by atoms with E-state index in [4.69, 9.17) is 0 Å². The van der Waals surface area contributed by atoms with Gasteiger partial charge in [0.25, 0.3) is 0 Å². The van der Waals surface area contributed by atoms with E-state index in [0.29, 0.717) is 24.2 Å². The second kappa shape index (κ2) is 11.5. The Labute approximate surface area is 131 Å². The number of aliphatic imine (C=N–C) groups is 1. The maximum absolute atomic E-state index is 13.6. The second-order valence-corrected chi connectivity index (χ2v) is 3.89. The van der Waals surface area contributed by atoms with Crippen molar-refractivity contribution in [2.24, 2.45) is 4.99 Å². The number of ether oxygens (including phenoxy) is 1. The maximum atomic E-state index is 13.6. The van der Waals surface area contributed by atoms with Gasteiger partial charge in [-0.25, -0.2) is 14.6 Å². The van der Waals surface area contributed by atoms with E-state index in [1.165, 1.54) is 13.2 Å². The summed E-state index contributed by atoms with van der Waals surface area (Å²) in [5, 5.41) is 0. The molecule has 1 amide bonds. The van der Waals surface area contributed by atoms with Crippen LogP contribution in [0.25, 0.3) is 0 Å². The molecule has 1 aliphatic heterocycles. The number of benzene rings is 1. The minimum Gasteiger partial charge on any atom is -0.452 e. The molecule has 0 fully saturated rings. The molecule has 0 radical (unpaired) electrons. The fraction of sp³-hybridized carbons (Fsp3) is 0.500. The topological polar surface area (TPSA) is 62.7 Å². The first-order chi connectivity index (χ1) is 10.7. The van der Waals surface area contributed by atoms with E-state index in [9.17, 15) is 9.18 Å². The number of rotatable bonds is 1. The molecule has 0 aliphatic carbocycles. The van der Waals surface area contributed by atoms with Gasteiger partial charge in [0.1, 0.15) is 11.7 Å². The van der Waals surface area contributed by atoms with E-state index in [1.54, 1.807) is 18.2 Å². The zero-order valence-corrected chi connectivity index (χ0v) is 13.9. The Hall–Kier alpha value is -2.11. The minimum absolute atomic E-state index is 0.201. The molecule has 1 aromatic carbocycles. The zero-order chi connectivity index (χ0) is 17.0. The first-order valence-corrected chi connectivity index (χ1v) is 7.62. The number of hydrogen-bond donors (Lipinski definition) is 2. The van der Waals surface area contributed by atoms with Gasteiger partial charge in [0.05, 0.1) is 13.2 Å². The molecule has 1 atom stereocenters. The van der Waals surface area contributed by atoms with Crippen LogP contribution in [0.3, 0.4) is 0 Å². The third-order valence-electron chi connectivity index (χ3n) is 2.72. The summed E-state index contributed by atoms with van der Waals surface area (Å²) in [5.41, 5.74) is 5.56. The van der Waals surface area contributed by atoms with Crippen LogP contribution in [-0.2, 0) is 4.74 Å². The summed E-state index contributed by atoms with van der Waals surface area (Å²) in [6.07, 6.45) is 0.779. The molecular weight excluding hydrogens is 285 g/mol. The summed E-state index contributed by atoms with van der Waals surface area (Å²) in [4.78, 5) is 15.2. The molecule has 1 unspecified atom stereocenters. The smallest absolute Gasteiger partial charge is 0.425 e. The van der Waals surface area contributed by atoms with Crippen LogP contribution in [0.5, 0.6) is 0 Å². The van der Waals surface area contributed by atoms with E-state index >= 15 is 0 Å². The van der Waals surface area contributed by atoms with E-state index in [2.05, 4.69) is 20.6 Å². The van der Waals surface area contributed by atoms with Crippen LogP contribution in [0.4, 0.5) is 9.18 Å². The molecule has 0 aromatic heterocycles. The average molecular weight is 311 g/mol. The van der Waals surface area contributed by atoms with Crippen LogP contribution in [-0.4, -0.2) is 19.0 Å². The van der Waals surface area contributed by atoms with Crippen LogP contribution in [0, 0.1) is 5.82 Å². The Morgan fingerprint density at radius 3 is 2.50 bits per heavy atom. The van der Waals surface area contributed by atoms with E-state index in [-0.39, 0.29) is 11.9 Å². The summed E-state index contributed by atoms with van der Waals surface area (Å²) in [7, 11) is 1.27. The summed E-state index contributed by atoms with van der Waals surface area (Å²) >= 11 is 0. The maximum Gasteiger partial charge on any atom is 0.425 e. The van der Waals surface area contributed by atoms with Crippen LogP contribution in [0.1, 0.15) is 52.1 Å². The number of nitrogens with one attached hydrogen (secondary N) is 2. The van der Waals surface area contributed by atoms with Gasteiger partial charge in [-0.05, 0) is 12.5 Å². The molecule has 2 N–H and O–H groups in total. The zero-order valence-electron chi connectivity index (χ0n) is 13.9. The van der Waals surface area contributed by atoms with Crippen molar-refractivity contribution in [2.75, 3.05) is 7.11 Å². The largest absolute Gasteiger partial charge is 0.452 e. The molecule has 0 saturated carbocycles. The van der Waals surface area contributed by atoms with Gasteiger partial charge in [-0.1, -0.05) is 45.9 Å². The first-order valence-electron chi connectivity index (χ1n) is 7.62. The lowest BCUT2D eigenvalue weighted by molar-refractivity contribution is 0.168. The van der Waals surface area contributed by atoms with Crippen molar-refractivity contribution in [3.63, 3.8) is 0 Å². The highest BCUT2D eigenvalue weighted by Crippen LogP contribution is 2.29. The lowest BCUT2D eigenvalue weighted by atomic mass is 10.0. The van der Waals surface area contributed by atoms with Crippen molar-refractivity contribution < 1.29 is 13.9 Å². The number of methoxy groups -OCH3 is 1. The summed E-state index contributed by atoms with van der Waals surface area (Å²) in [6.45, 7) is 8.00. The van der Waals surface area contributed by atoms with Crippen LogP contribution in [0.15, 0.2) is 29.3 Å². The van der Waals surface area contributed by atoms with Crippen LogP contribution < -0.4 is 10.9 Å². The molecule has 0 saturated heterocycles. The molecule has 6 heteroatoms. The highest BCUT2D eigenvalue weighted by molar-refractivity contribution is 5.85. The fourth-order valence-electron chi connectivity index (χ4n) is 1.83. The molecule has 1 heterocycles. The van der Waals surface area contributed by atoms with Gasteiger partial charge in [0, 0.05) is 12.0 Å². The second-order valence-electron chi connectivity index (χ2n) is 3.89. The van der Waals surface area contributed by atoms with Gasteiger partial charge in [-0.2, -0.15) is 0 Å². The van der Waals surface area contributed by atoms with Crippen LogP contribution in [0.2, 0.25) is 0 Å². The lowest BCUT2D eigenvalue weighted by Crippen LogP contribution is -2.40. The fourth-order valence-corrected chi connectivity index (χ4v) is 1.83. The predicted octanol–water partition coefficient (Wildman–Crippen LogP) is 3.97. The summed E-state index contributed by atoms with van der Waals surface area (Å²) in [6, 6.07) is 6.37. The average Bonchev–Trinajstić information content (AvgIpc) is 3.05. The summed E-state index contributed by atoms with van der Waals surface area (Å²) in [5.74, 6) is 0.363. The predicted molar refractivity (Wildman–Crippen MR) is 87.2 cm³/mol. The molecule has 0 spiro atoms. The monoisotopic (exact) mass is 311 g/mol. The van der Waals surface area contributed by atoms with Gasteiger partial charge in [0.15, 0.2) is 0 Å². The van der Waals surface area contributed by atoms with Gasteiger partial charge >= 0.3 is 6.09 Å². The Balaban J connectivity index is 0.00000102. The van der Waals surface area contributed by atoms with Gasteiger partial charge in [-0.3, -0.25) is 10.4 Å². The number of carbonyl (C=O) groups excluding carboxylic acids is 1. The Kier molecular flexibility index (Phi) is 10.4. The molecule has 22 heavy (non-hydrogen) atoms. The Morgan fingerprint density at radius 2 is 1.91 bits per heavy atom. The molecular formula is C16H26FN3O2. The van der Waals surface area contributed by atoms with Gasteiger partial charge < -0.3 is 4.74 Å². The normalized spacial score (nSPS) is 15.4. The third-order valence-corrected chi connectivity index (χ3v) is 2.72. The third kappa shape index (κ3) is 6.11. The van der Waals surface area contributed by atoms with E-state index in [0.717, 1.165) is 0 Å². The highest BCUT2D eigenvalue weighted by atomic mass is 19.1. The number of hydrazine groups is 1.